The largest absolute Gasteiger partial charge is 0.468 e. The zero-order valence-corrected chi connectivity index (χ0v) is 13.1. The minimum Gasteiger partial charge on any atom is -0.468 e. The maximum Gasteiger partial charge on any atom is 0.327 e. The summed E-state index contributed by atoms with van der Waals surface area (Å²) in [6.45, 7) is 0.514. The van der Waals surface area contributed by atoms with Gasteiger partial charge in [0.2, 0.25) is 0 Å². The first kappa shape index (κ1) is 15.2. The monoisotopic (exact) mass is 357 g/mol. The lowest BCUT2D eigenvalue weighted by Gasteiger charge is -2.18. The van der Waals surface area contributed by atoms with E-state index in [4.69, 9.17) is 4.74 Å². The number of carbonyl (C=O) groups is 1. The Morgan fingerprint density at radius 1 is 1.50 bits per heavy atom. The number of esters is 1. The van der Waals surface area contributed by atoms with Gasteiger partial charge in [-0.15, -0.1) is 11.3 Å². The van der Waals surface area contributed by atoms with E-state index < -0.39 is 17.8 Å². The van der Waals surface area contributed by atoms with E-state index in [0.29, 0.717) is 16.6 Å². The van der Waals surface area contributed by atoms with Crippen molar-refractivity contribution in [2.45, 2.75) is 12.6 Å². The Balaban J connectivity index is 2.22. The summed E-state index contributed by atoms with van der Waals surface area (Å²) < 4.78 is 18.8. The molecule has 2 aromatic rings. The van der Waals surface area contributed by atoms with Crippen LogP contribution in [0.15, 0.2) is 40.2 Å². The maximum absolute atomic E-state index is 13.4. The molecule has 0 aliphatic carbocycles. The summed E-state index contributed by atoms with van der Waals surface area (Å²) in [5.41, 5.74) is 0.522. The van der Waals surface area contributed by atoms with Crippen LogP contribution in [0.1, 0.15) is 16.5 Å². The van der Waals surface area contributed by atoms with Gasteiger partial charge >= 0.3 is 5.97 Å². The molecule has 0 amide bonds. The first-order chi connectivity index (χ1) is 9.61. The molecule has 1 aromatic carbocycles. The molecular formula is C14H13BrFNO2S. The lowest BCUT2D eigenvalue weighted by molar-refractivity contribution is -0.143. The van der Waals surface area contributed by atoms with Crippen LogP contribution in [0.3, 0.4) is 0 Å². The molecule has 1 N–H and O–H groups in total. The van der Waals surface area contributed by atoms with Crippen molar-refractivity contribution in [2.24, 2.45) is 0 Å². The molecule has 0 saturated heterocycles. The van der Waals surface area contributed by atoms with Crippen molar-refractivity contribution in [2.75, 3.05) is 7.11 Å². The second-order valence-electron chi connectivity index (χ2n) is 4.08. The van der Waals surface area contributed by atoms with Gasteiger partial charge in [-0.3, -0.25) is 5.32 Å². The van der Waals surface area contributed by atoms with Crippen molar-refractivity contribution in [1.82, 2.24) is 5.32 Å². The summed E-state index contributed by atoms with van der Waals surface area (Å²) >= 11 is 4.92. The van der Waals surface area contributed by atoms with Crippen LogP contribution < -0.4 is 5.32 Å². The third-order valence-corrected chi connectivity index (χ3v) is 4.37. The molecule has 3 nitrogen and oxygen atoms in total. The summed E-state index contributed by atoms with van der Waals surface area (Å²) in [7, 11) is 1.31. The maximum atomic E-state index is 13.4. The van der Waals surface area contributed by atoms with Crippen LogP contribution in [0, 0.1) is 5.82 Å². The van der Waals surface area contributed by atoms with E-state index in [1.54, 1.807) is 17.4 Å². The van der Waals surface area contributed by atoms with Crippen molar-refractivity contribution in [3.63, 3.8) is 0 Å². The van der Waals surface area contributed by atoms with E-state index in [-0.39, 0.29) is 0 Å². The molecule has 0 aliphatic rings. The highest BCUT2D eigenvalue weighted by Crippen LogP contribution is 2.26. The van der Waals surface area contributed by atoms with Gasteiger partial charge in [-0.2, -0.15) is 0 Å². The van der Waals surface area contributed by atoms with Crippen LogP contribution in [-0.2, 0) is 16.1 Å². The molecule has 0 bridgehead atoms. The number of hydrogen-bond acceptors (Lipinski definition) is 4. The molecular weight excluding hydrogens is 345 g/mol. The molecule has 1 unspecified atom stereocenters. The van der Waals surface area contributed by atoms with Crippen LogP contribution in [0.4, 0.5) is 4.39 Å². The van der Waals surface area contributed by atoms with Gasteiger partial charge in [-0.05, 0) is 35.2 Å². The predicted molar refractivity (Wildman–Crippen MR) is 80.0 cm³/mol. The Labute approximate surface area is 128 Å². The third kappa shape index (κ3) is 3.65. The Kier molecular flexibility index (Phi) is 5.28. The van der Waals surface area contributed by atoms with Crippen molar-refractivity contribution < 1.29 is 13.9 Å². The molecule has 106 valence electrons. The number of hydrogen-bond donors (Lipinski definition) is 1. The van der Waals surface area contributed by atoms with E-state index in [2.05, 4.69) is 21.2 Å². The highest BCUT2D eigenvalue weighted by atomic mass is 79.9. The number of halogens is 2. The standard InChI is InChI=1S/C14H13BrFNO2S/c1-19-14(18)13(17-8-10-3-2-6-20-10)11-7-9(16)4-5-12(11)15/h2-7,13,17H,8H2,1H3. The van der Waals surface area contributed by atoms with Gasteiger partial charge in [0.05, 0.1) is 7.11 Å². The fourth-order valence-electron chi connectivity index (χ4n) is 1.79. The Morgan fingerprint density at radius 2 is 2.30 bits per heavy atom. The molecule has 1 atom stereocenters. The SMILES string of the molecule is COC(=O)C(NCc1cccs1)c1cc(F)ccc1Br. The number of methoxy groups -OCH3 is 1. The Bertz CT molecular complexity index is 589. The molecule has 0 saturated carbocycles. The molecule has 0 spiro atoms. The number of ether oxygens (including phenoxy) is 1. The molecule has 0 radical (unpaired) electrons. The molecule has 20 heavy (non-hydrogen) atoms. The van der Waals surface area contributed by atoms with Gasteiger partial charge in [0.25, 0.3) is 0 Å². The van der Waals surface area contributed by atoms with E-state index >= 15 is 0 Å². The van der Waals surface area contributed by atoms with Gasteiger partial charge in [0, 0.05) is 15.9 Å². The zero-order valence-electron chi connectivity index (χ0n) is 10.7. The fraction of sp³-hybridized carbons (Fsp3) is 0.214. The molecule has 6 heteroatoms. The fourth-order valence-corrected chi connectivity index (χ4v) is 2.92. The summed E-state index contributed by atoms with van der Waals surface area (Å²) in [6.07, 6.45) is 0. The number of carbonyl (C=O) groups excluding carboxylic acids is 1. The van der Waals surface area contributed by atoms with Gasteiger partial charge in [-0.1, -0.05) is 22.0 Å². The smallest absolute Gasteiger partial charge is 0.327 e. The average Bonchev–Trinajstić information content (AvgIpc) is 2.95. The van der Waals surface area contributed by atoms with Crippen LogP contribution in [-0.4, -0.2) is 13.1 Å². The molecule has 0 fully saturated rings. The highest BCUT2D eigenvalue weighted by Gasteiger charge is 2.23. The highest BCUT2D eigenvalue weighted by molar-refractivity contribution is 9.10. The first-order valence-corrected chi connectivity index (χ1v) is 7.57. The second kappa shape index (κ2) is 6.97. The van der Waals surface area contributed by atoms with Crippen molar-refractivity contribution in [3.05, 3.63) is 56.4 Å². The third-order valence-electron chi connectivity index (χ3n) is 2.77. The molecule has 1 aromatic heterocycles. The Hall–Kier alpha value is -1.24. The summed E-state index contributed by atoms with van der Waals surface area (Å²) in [4.78, 5) is 13.0. The van der Waals surface area contributed by atoms with E-state index in [9.17, 15) is 9.18 Å². The van der Waals surface area contributed by atoms with Crippen molar-refractivity contribution >= 4 is 33.2 Å². The summed E-state index contributed by atoms with van der Waals surface area (Å²) in [6, 6.07) is 7.42. The lowest BCUT2D eigenvalue weighted by atomic mass is 10.1. The van der Waals surface area contributed by atoms with Crippen molar-refractivity contribution in [1.29, 1.82) is 0 Å². The quantitative estimate of drug-likeness (QED) is 0.830. The second-order valence-corrected chi connectivity index (χ2v) is 5.97. The Morgan fingerprint density at radius 3 is 2.95 bits per heavy atom. The first-order valence-electron chi connectivity index (χ1n) is 5.90. The molecule has 1 heterocycles. The van der Waals surface area contributed by atoms with Crippen LogP contribution in [0.2, 0.25) is 0 Å². The summed E-state index contributed by atoms with van der Waals surface area (Å²) in [5.74, 6) is -0.845. The van der Waals surface area contributed by atoms with Crippen molar-refractivity contribution in [3.8, 4) is 0 Å². The number of nitrogens with one attached hydrogen (secondary N) is 1. The van der Waals surface area contributed by atoms with Crippen LogP contribution in [0.5, 0.6) is 0 Å². The average molecular weight is 358 g/mol. The van der Waals surface area contributed by atoms with Crippen LogP contribution >= 0.6 is 27.3 Å². The number of rotatable bonds is 5. The van der Waals surface area contributed by atoms with E-state index in [1.807, 2.05) is 17.5 Å². The van der Waals surface area contributed by atoms with Gasteiger partial charge in [0.15, 0.2) is 0 Å². The molecule has 0 aliphatic heterocycles. The molecule has 2 rings (SSSR count). The zero-order chi connectivity index (χ0) is 14.5. The van der Waals surface area contributed by atoms with Crippen LogP contribution in [0.25, 0.3) is 0 Å². The minimum atomic E-state index is -0.716. The summed E-state index contributed by atoms with van der Waals surface area (Å²) in [5, 5.41) is 5.06. The lowest BCUT2D eigenvalue weighted by Crippen LogP contribution is -2.29. The predicted octanol–water partition coefficient (Wildman–Crippen LogP) is 3.65. The van der Waals surface area contributed by atoms with Gasteiger partial charge in [-0.25, -0.2) is 9.18 Å². The topological polar surface area (TPSA) is 38.3 Å². The normalized spacial score (nSPS) is 12.2. The van der Waals surface area contributed by atoms with E-state index in [1.165, 1.54) is 19.2 Å². The number of benzene rings is 1. The number of thiophene rings is 1. The van der Waals surface area contributed by atoms with Gasteiger partial charge < -0.3 is 4.74 Å². The van der Waals surface area contributed by atoms with Gasteiger partial charge in [0.1, 0.15) is 11.9 Å². The van der Waals surface area contributed by atoms with E-state index in [0.717, 1.165) is 4.88 Å². The minimum absolute atomic E-state index is 0.393.